The molecule has 0 aliphatic carbocycles. The molecular weight excluding hydrogens is 292 g/mol. The van der Waals surface area contributed by atoms with Crippen molar-refractivity contribution < 1.29 is 14.2 Å². The first-order valence-electron chi connectivity index (χ1n) is 8.86. The third-order valence-corrected chi connectivity index (χ3v) is 5.52. The molecule has 3 saturated heterocycles. The molecule has 4 heterocycles. The first-order chi connectivity index (χ1) is 11.3. The first kappa shape index (κ1) is 15.4. The molecule has 126 valence electrons. The Morgan fingerprint density at radius 3 is 2.74 bits per heavy atom. The van der Waals surface area contributed by atoms with Crippen LogP contribution in [0.2, 0.25) is 0 Å². The SMILES string of the molecule is c1ccc(OC2COC3(CCN(C4CCOCC4)CC3)C2)nc1. The summed E-state index contributed by atoms with van der Waals surface area (Å²) in [5, 5.41) is 0. The summed E-state index contributed by atoms with van der Waals surface area (Å²) in [6.07, 6.45) is 7.50. The fourth-order valence-electron chi connectivity index (χ4n) is 4.16. The Balaban J connectivity index is 1.29. The van der Waals surface area contributed by atoms with E-state index in [-0.39, 0.29) is 11.7 Å². The van der Waals surface area contributed by atoms with Gasteiger partial charge in [0, 0.05) is 51.0 Å². The number of hydrogen-bond acceptors (Lipinski definition) is 5. The molecule has 0 bridgehead atoms. The van der Waals surface area contributed by atoms with Gasteiger partial charge in [-0.2, -0.15) is 0 Å². The van der Waals surface area contributed by atoms with Crippen molar-refractivity contribution in [2.24, 2.45) is 0 Å². The topological polar surface area (TPSA) is 43.8 Å². The van der Waals surface area contributed by atoms with E-state index in [1.54, 1.807) is 6.20 Å². The van der Waals surface area contributed by atoms with Gasteiger partial charge in [-0.15, -0.1) is 0 Å². The zero-order chi connectivity index (χ0) is 15.5. The molecule has 5 heteroatoms. The molecule has 0 amide bonds. The highest BCUT2D eigenvalue weighted by molar-refractivity contribution is 5.10. The number of ether oxygens (including phenoxy) is 3. The second-order valence-corrected chi connectivity index (χ2v) is 6.99. The fraction of sp³-hybridized carbons (Fsp3) is 0.722. The van der Waals surface area contributed by atoms with E-state index in [0.717, 1.165) is 45.6 Å². The van der Waals surface area contributed by atoms with E-state index in [1.165, 1.54) is 12.8 Å². The number of piperidine rings is 1. The largest absolute Gasteiger partial charge is 0.472 e. The number of rotatable bonds is 3. The number of likely N-dealkylation sites (tertiary alicyclic amines) is 1. The van der Waals surface area contributed by atoms with E-state index in [0.29, 0.717) is 18.5 Å². The van der Waals surface area contributed by atoms with Gasteiger partial charge in [-0.3, -0.25) is 4.90 Å². The molecule has 1 unspecified atom stereocenters. The van der Waals surface area contributed by atoms with Crippen LogP contribution in [-0.2, 0) is 9.47 Å². The lowest BCUT2D eigenvalue weighted by molar-refractivity contribution is -0.0616. The molecule has 0 N–H and O–H groups in total. The van der Waals surface area contributed by atoms with E-state index in [2.05, 4.69) is 9.88 Å². The molecule has 3 fully saturated rings. The molecule has 0 saturated carbocycles. The Morgan fingerprint density at radius 2 is 2.00 bits per heavy atom. The smallest absolute Gasteiger partial charge is 0.213 e. The summed E-state index contributed by atoms with van der Waals surface area (Å²) < 4.78 is 17.7. The number of pyridine rings is 1. The monoisotopic (exact) mass is 318 g/mol. The molecule has 23 heavy (non-hydrogen) atoms. The highest BCUT2D eigenvalue weighted by Crippen LogP contribution is 2.38. The fourth-order valence-corrected chi connectivity index (χ4v) is 4.16. The van der Waals surface area contributed by atoms with Crippen LogP contribution >= 0.6 is 0 Å². The van der Waals surface area contributed by atoms with Crippen LogP contribution in [0, 0.1) is 0 Å². The van der Waals surface area contributed by atoms with Crippen LogP contribution in [0.4, 0.5) is 0 Å². The predicted molar refractivity (Wildman–Crippen MR) is 86.6 cm³/mol. The molecule has 0 aromatic carbocycles. The lowest BCUT2D eigenvalue weighted by Crippen LogP contribution is -2.49. The van der Waals surface area contributed by atoms with Crippen LogP contribution in [0.3, 0.4) is 0 Å². The minimum absolute atomic E-state index is 0.0289. The van der Waals surface area contributed by atoms with Crippen molar-refractivity contribution in [2.75, 3.05) is 32.9 Å². The Hall–Kier alpha value is -1.17. The van der Waals surface area contributed by atoms with Crippen molar-refractivity contribution in [3.05, 3.63) is 24.4 Å². The highest BCUT2D eigenvalue weighted by atomic mass is 16.6. The second-order valence-electron chi connectivity index (χ2n) is 6.99. The zero-order valence-electron chi connectivity index (χ0n) is 13.7. The van der Waals surface area contributed by atoms with E-state index in [1.807, 2.05) is 18.2 Å². The molecule has 3 aliphatic heterocycles. The van der Waals surface area contributed by atoms with Gasteiger partial charge in [-0.25, -0.2) is 4.98 Å². The van der Waals surface area contributed by atoms with E-state index >= 15 is 0 Å². The maximum atomic E-state index is 6.20. The number of nitrogens with zero attached hydrogens (tertiary/aromatic N) is 2. The summed E-state index contributed by atoms with van der Waals surface area (Å²) in [6, 6.07) is 6.49. The van der Waals surface area contributed by atoms with Crippen molar-refractivity contribution >= 4 is 0 Å². The van der Waals surface area contributed by atoms with Crippen molar-refractivity contribution in [1.82, 2.24) is 9.88 Å². The Kier molecular flexibility index (Phi) is 4.51. The summed E-state index contributed by atoms with van der Waals surface area (Å²) in [6.45, 7) is 4.81. The number of hydrogen-bond donors (Lipinski definition) is 0. The van der Waals surface area contributed by atoms with Crippen LogP contribution < -0.4 is 4.74 Å². The maximum Gasteiger partial charge on any atom is 0.213 e. The summed E-state index contributed by atoms with van der Waals surface area (Å²) >= 11 is 0. The third-order valence-electron chi connectivity index (χ3n) is 5.52. The average Bonchev–Trinajstić information content (AvgIpc) is 2.99. The van der Waals surface area contributed by atoms with Crippen molar-refractivity contribution in [2.45, 2.75) is 49.9 Å². The first-order valence-corrected chi connectivity index (χ1v) is 8.86. The van der Waals surface area contributed by atoms with E-state index < -0.39 is 0 Å². The van der Waals surface area contributed by atoms with Crippen molar-refractivity contribution in [3.8, 4) is 5.88 Å². The Bertz CT molecular complexity index is 496. The molecular formula is C18H26N2O3. The van der Waals surface area contributed by atoms with Crippen molar-refractivity contribution in [1.29, 1.82) is 0 Å². The molecule has 5 nitrogen and oxygen atoms in total. The van der Waals surface area contributed by atoms with Crippen molar-refractivity contribution in [3.63, 3.8) is 0 Å². The van der Waals surface area contributed by atoms with Crippen LogP contribution in [0.1, 0.15) is 32.1 Å². The summed E-state index contributed by atoms with van der Waals surface area (Å²) in [4.78, 5) is 6.89. The average molecular weight is 318 g/mol. The van der Waals surface area contributed by atoms with Gasteiger partial charge in [0.1, 0.15) is 6.10 Å². The van der Waals surface area contributed by atoms with Crippen LogP contribution in [-0.4, -0.2) is 60.5 Å². The van der Waals surface area contributed by atoms with E-state index in [9.17, 15) is 0 Å². The third kappa shape index (κ3) is 3.52. The standard InChI is InChI=1S/C18H26N2O3/c1-2-8-19-17(3-1)23-16-13-18(22-14-16)6-9-20(10-7-18)15-4-11-21-12-5-15/h1-3,8,15-16H,4-7,9-14H2. The van der Waals surface area contributed by atoms with Gasteiger partial charge in [0.15, 0.2) is 0 Å². The summed E-state index contributed by atoms with van der Waals surface area (Å²) in [5.41, 5.74) is 0.0289. The minimum Gasteiger partial charge on any atom is -0.472 e. The minimum atomic E-state index is 0.0289. The molecule has 1 aromatic rings. The van der Waals surface area contributed by atoms with Crippen LogP contribution in [0.5, 0.6) is 5.88 Å². The normalized spacial score (nSPS) is 29.0. The second kappa shape index (κ2) is 6.75. The van der Waals surface area contributed by atoms with Gasteiger partial charge < -0.3 is 14.2 Å². The van der Waals surface area contributed by atoms with Gasteiger partial charge >= 0.3 is 0 Å². The summed E-state index contributed by atoms with van der Waals surface area (Å²) in [5.74, 6) is 0.706. The van der Waals surface area contributed by atoms with Crippen LogP contribution in [0.25, 0.3) is 0 Å². The summed E-state index contributed by atoms with van der Waals surface area (Å²) in [7, 11) is 0. The number of aromatic nitrogens is 1. The molecule has 4 rings (SSSR count). The van der Waals surface area contributed by atoms with Gasteiger partial charge in [0.2, 0.25) is 5.88 Å². The molecule has 1 atom stereocenters. The van der Waals surface area contributed by atoms with Gasteiger partial charge in [-0.1, -0.05) is 6.07 Å². The van der Waals surface area contributed by atoms with Gasteiger partial charge in [0.05, 0.1) is 12.2 Å². The quantitative estimate of drug-likeness (QED) is 0.855. The van der Waals surface area contributed by atoms with Crippen LogP contribution in [0.15, 0.2) is 24.4 Å². The zero-order valence-corrected chi connectivity index (χ0v) is 13.7. The van der Waals surface area contributed by atoms with Gasteiger partial charge in [-0.05, 0) is 31.7 Å². The molecule has 1 spiro atoms. The molecule has 1 aromatic heterocycles. The maximum absolute atomic E-state index is 6.20. The Labute approximate surface area is 137 Å². The van der Waals surface area contributed by atoms with Gasteiger partial charge in [0.25, 0.3) is 0 Å². The lowest BCUT2D eigenvalue weighted by Gasteiger charge is -2.43. The highest BCUT2D eigenvalue weighted by Gasteiger charge is 2.44. The predicted octanol–water partition coefficient (Wildman–Crippen LogP) is 2.26. The lowest BCUT2D eigenvalue weighted by atomic mass is 9.87. The van der Waals surface area contributed by atoms with E-state index in [4.69, 9.17) is 14.2 Å². The molecule has 0 radical (unpaired) electrons. The Morgan fingerprint density at radius 1 is 1.17 bits per heavy atom. The molecule has 3 aliphatic rings.